The SMILES string of the molecule is CC(=O)N[C@@H](CO)[C@H](O)/C=C/CCCCCCCCCCCCC[n+]1ccccc1.[Br-]. The zero-order valence-electron chi connectivity index (χ0n) is 19.2. The van der Waals surface area contributed by atoms with E-state index in [1.807, 2.05) is 6.08 Å². The van der Waals surface area contributed by atoms with Gasteiger partial charge in [0.25, 0.3) is 0 Å². The summed E-state index contributed by atoms with van der Waals surface area (Å²) in [6, 6.07) is 5.61. The summed E-state index contributed by atoms with van der Waals surface area (Å²) >= 11 is 0. The second kappa shape index (κ2) is 20.7. The first-order valence-electron chi connectivity index (χ1n) is 11.8. The minimum absolute atomic E-state index is 0. The Morgan fingerprint density at radius 3 is 1.94 bits per heavy atom. The van der Waals surface area contributed by atoms with E-state index in [0.29, 0.717) is 0 Å². The van der Waals surface area contributed by atoms with Crippen LogP contribution in [0.1, 0.15) is 84.0 Å². The number of hydrogen-bond acceptors (Lipinski definition) is 3. The number of aliphatic hydroxyl groups excluding tert-OH is 2. The number of carbonyl (C=O) groups excluding carboxylic acids is 1. The highest BCUT2D eigenvalue weighted by Gasteiger charge is 2.15. The third-order valence-electron chi connectivity index (χ3n) is 5.40. The Labute approximate surface area is 199 Å². The van der Waals surface area contributed by atoms with Crippen LogP contribution in [0.4, 0.5) is 0 Å². The lowest BCUT2D eigenvalue weighted by atomic mass is 10.0. The van der Waals surface area contributed by atoms with Crippen molar-refractivity contribution in [3.05, 3.63) is 42.7 Å². The van der Waals surface area contributed by atoms with E-state index in [1.165, 1.54) is 71.1 Å². The minimum Gasteiger partial charge on any atom is -1.00 e. The number of aryl methyl sites for hydroxylation is 1. The molecule has 178 valence electrons. The van der Waals surface area contributed by atoms with Crippen LogP contribution < -0.4 is 26.9 Å². The van der Waals surface area contributed by atoms with E-state index in [-0.39, 0.29) is 29.5 Å². The summed E-state index contributed by atoms with van der Waals surface area (Å²) in [5, 5.41) is 21.7. The molecule has 1 aromatic heterocycles. The molecule has 1 heterocycles. The quantitative estimate of drug-likeness (QED) is 0.161. The number of unbranched alkanes of at least 4 members (excludes halogenated alkanes) is 11. The summed E-state index contributed by atoms with van der Waals surface area (Å²) in [4.78, 5) is 11.0. The molecule has 0 radical (unpaired) electrons. The molecule has 31 heavy (non-hydrogen) atoms. The van der Waals surface area contributed by atoms with Gasteiger partial charge in [-0.1, -0.05) is 69.6 Å². The molecular formula is C25H43BrN2O3. The molecule has 0 saturated carbocycles. The highest BCUT2D eigenvalue weighted by molar-refractivity contribution is 5.73. The smallest absolute Gasteiger partial charge is 0.217 e. The predicted molar refractivity (Wildman–Crippen MR) is 122 cm³/mol. The Morgan fingerprint density at radius 1 is 0.903 bits per heavy atom. The van der Waals surface area contributed by atoms with E-state index in [9.17, 15) is 15.0 Å². The van der Waals surface area contributed by atoms with Gasteiger partial charge in [0.15, 0.2) is 12.4 Å². The molecule has 0 spiro atoms. The fourth-order valence-corrected chi connectivity index (χ4v) is 3.60. The van der Waals surface area contributed by atoms with E-state index in [0.717, 1.165) is 19.4 Å². The van der Waals surface area contributed by atoms with E-state index in [4.69, 9.17) is 0 Å². The lowest BCUT2D eigenvalue weighted by molar-refractivity contribution is -0.697. The fraction of sp³-hybridized carbons (Fsp3) is 0.680. The Balaban J connectivity index is 0.00000900. The number of carbonyl (C=O) groups is 1. The summed E-state index contributed by atoms with van der Waals surface area (Å²) in [7, 11) is 0. The van der Waals surface area contributed by atoms with Crippen LogP contribution in [0.25, 0.3) is 0 Å². The van der Waals surface area contributed by atoms with Gasteiger partial charge in [-0.15, -0.1) is 0 Å². The summed E-state index contributed by atoms with van der Waals surface area (Å²) in [6.45, 7) is 2.25. The normalized spacial score (nSPS) is 13.0. The van der Waals surface area contributed by atoms with Crippen LogP contribution in [0.5, 0.6) is 0 Å². The summed E-state index contributed by atoms with van der Waals surface area (Å²) < 4.78 is 2.26. The molecule has 2 atom stereocenters. The van der Waals surface area contributed by atoms with Crippen molar-refractivity contribution >= 4 is 5.91 Å². The van der Waals surface area contributed by atoms with Gasteiger partial charge in [-0.25, -0.2) is 4.57 Å². The van der Waals surface area contributed by atoms with E-state index in [1.54, 1.807) is 6.08 Å². The number of halogens is 1. The van der Waals surface area contributed by atoms with Crippen LogP contribution in [-0.2, 0) is 11.3 Å². The molecule has 1 rings (SSSR count). The van der Waals surface area contributed by atoms with Gasteiger partial charge in [0.05, 0.1) is 18.8 Å². The van der Waals surface area contributed by atoms with E-state index < -0.39 is 12.1 Å². The van der Waals surface area contributed by atoms with Gasteiger partial charge in [0.1, 0.15) is 6.54 Å². The van der Waals surface area contributed by atoms with Gasteiger partial charge in [0, 0.05) is 25.5 Å². The molecule has 5 nitrogen and oxygen atoms in total. The maximum absolute atomic E-state index is 11.0. The number of pyridine rings is 1. The Kier molecular flexibility index (Phi) is 19.8. The second-order valence-corrected chi connectivity index (χ2v) is 8.20. The topological polar surface area (TPSA) is 73.4 Å². The molecular weight excluding hydrogens is 456 g/mol. The fourth-order valence-electron chi connectivity index (χ4n) is 3.60. The van der Waals surface area contributed by atoms with Crippen molar-refractivity contribution in [2.45, 2.75) is 103 Å². The molecule has 0 aliphatic rings. The van der Waals surface area contributed by atoms with Crippen molar-refractivity contribution in [2.24, 2.45) is 0 Å². The van der Waals surface area contributed by atoms with Gasteiger partial charge < -0.3 is 32.5 Å². The lowest BCUT2D eigenvalue weighted by Crippen LogP contribution is -3.00. The monoisotopic (exact) mass is 498 g/mol. The van der Waals surface area contributed by atoms with Crippen molar-refractivity contribution < 1.29 is 36.6 Å². The Morgan fingerprint density at radius 2 is 1.42 bits per heavy atom. The number of aromatic nitrogens is 1. The number of rotatable bonds is 18. The van der Waals surface area contributed by atoms with Crippen LogP contribution >= 0.6 is 0 Å². The highest BCUT2D eigenvalue weighted by Crippen LogP contribution is 2.12. The number of aliphatic hydroxyl groups is 2. The van der Waals surface area contributed by atoms with Crippen LogP contribution in [0.3, 0.4) is 0 Å². The number of allylic oxidation sites excluding steroid dienone is 1. The maximum Gasteiger partial charge on any atom is 0.217 e. The largest absolute Gasteiger partial charge is 1.00 e. The Hall–Kier alpha value is -1.24. The zero-order chi connectivity index (χ0) is 21.9. The molecule has 0 saturated heterocycles. The third-order valence-corrected chi connectivity index (χ3v) is 5.40. The van der Waals surface area contributed by atoms with Crippen molar-refractivity contribution in [1.82, 2.24) is 5.32 Å². The zero-order valence-corrected chi connectivity index (χ0v) is 20.8. The van der Waals surface area contributed by atoms with Crippen molar-refractivity contribution in [3.63, 3.8) is 0 Å². The minimum atomic E-state index is -0.837. The molecule has 1 aromatic rings. The van der Waals surface area contributed by atoms with Crippen LogP contribution in [0.2, 0.25) is 0 Å². The van der Waals surface area contributed by atoms with Gasteiger partial charge >= 0.3 is 0 Å². The lowest BCUT2D eigenvalue weighted by Gasteiger charge is -2.18. The number of hydrogen-bond donors (Lipinski definition) is 3. The Bertz CT molecular complexity index is 569. The third kappa shape index (κ3) is 17.0. The van der Waals surface area contributed by atoms with E-state index >= 15 is 0 Å². The first-order valence-corrected chi connectivity index (χ1v) is 11.8. The van der Waals surface area contributed by atoms with Crippen molar-refractivity contribution in [1.29, 1.82) is 0 Å². The maximum atomic E-state index is 11.0. The van der Waals surface area contributed by atoms with Gasteiger partial charge in [-0.05, 0) is 19.3 Å². The average Bonchev–Trinajstić information content (AvgIpc) is 2.75. The van der Waals surface area contributed by atoms with Crippen LogP contribution in [-0.4, -0.2) is 34.9 Å². The van der Waals surface area contributed by atoms with Gasteiger partial charge in [0.2, 0.25) is 5.91 Å². The summed E-state index contributed by atoms with van der Waals surface area (Å²) in [6.07, 6.45) is 22.3. The molecule has 3 N–H and O–H groups in total. The van der Waals surface area contributed by atoms with E-state index in [2.05, 4.69) is 40.5 Å². The average molecular weight is 500 g/mol. The molecule has 0 aromatic carbocycles. The molecule has 1 amide bonds. The van der Waals surface area contributed by atoms with Gasteiger partial charge in [-0.3, -0.25) is 4.79 Å². The molecule has 0 bridgehead atoms. The molecule has 0 aliphatic carbocycles. The molecule has 0 unspecified atom stereocenters. The predicted octanol–water partition coefficient (Wildman–Crippen LogP) is 1.07. The van der Waals surface area contributed by atoms with Crippen LogP contribution in [0, 0.1) is 0 Å². The first-order chi connectivity index (χ1) is 14.6. The number of nitrogens with one attached hydrogen (secondary N) is 1. The van der Waals surface area contributed by atoms with Crippen LogP contribution in [0.15, 0.2) is 42.7 Å². The molecule has 6 heteroatoms. The van der Waals surface area contributed by atoms with Gasteiger partial charge in [-0.2, -0.15) is 0 Å². The summed E-state index contributed by atoms with van der Waals surface area (Å²) in [5.41, 5.74) is 0. The highest BCUT2D eigenvalue weighted by atomic mass is 79.9. The van der Waals surface area contributed by atoms with Crippen molar-refractivity contribution in [3.8, 4) is 0 Å². The first kappa shape index (κ1) is 29.8. The molecule has 0 aliphatic heterocycles. The number of amides is 1. The number of nitrogens with zero attached hydrogens (tertiary/aromatic N) is 1. The summed E-state index contributed by atoms with van der Waals surface area (Å²) in [5.74, 6) is -0.247. The standard InChI is InChI=1S/C25H42N2O3.BrH/c1-23(29)26-24(22-28)25(30)18-14-11-9-7-5-3-2-4-6-8-10-12-15-19-27-20-16-13-17-21-27;/h13-14,16-18,20-21,24-25,28,30H,2-12,15,19,22H2,1H3;1H/b18-14+;/t24-,25+;/m0./s1. The van der Waals surface area contributed by atoms with Crippen molar-refractivity contribution in [2.75, 3.05) is 6.61 Å². The second-order valence-electron chi connectivity index (χ2n) is 8.20. The molecule has 0 fully saturated rings.